The van der Waals surface area contributed by atoms with Crippen molar-refractivity contribution in [1.29, 1.82) is 0 Å². The molecule has 8 nitrogen and oxygen atoms in total. The van der Waals surface area contributed by atoms with Crippen molar-refractivity contribution in [2.75, 3.05) is 16.0 Å². The van der Waals surface area contributed by atoms with Crippen LogP contribution >= 0.6 is 0 Å². The molecule has 3 N–H and O–H groups in total. The van der Waals surface area contributed by atoms with Crippen LogP contribution in [-0.2, 0) is 11.0 Å². The number of nitrogens with one attached hydrogen (secondary N) is 3. The second-order valence-corrected chi connectivity index (χ2v) is 8.42. The molecule has 2 aromatic heterocycles. The van der Waals surface area contributed by atoms with Crippen molar-refractivity contribution in [1.82, 2.24) is 14.5 Å². The van der Waals surface area contributed by atoms with Crippen LogP contribution in [0.25, 0.3) is 5.69 Å². The number of halogens is 3. The van der Waals surface area contributed by atoms with E-state index in [1.165, 1.54) is 25.3 Å². The van der Waals surface area contributed by atoms with Crippen molar-refractivity contribution >= 4 is 35.0 Å². The lowest BCUT2D eigenvalue weighted by molar-refractivity contribution is -0.137. The summed E-state index contributed by atoms with van der Waals surface area (Å²) in [6, 6.07) is 11.5. The van der Waals surface area contributed by atoms with Crippen molar-refractivity contribution in [3.63, 3.8) is 0 Å². The van der Waals surface area contributed by atoms with Gasteiger partial charge in [0.1, 0.15) is 5.82 Å². The van der Waals surface area contributed by atoms with Crippen LogP contribution in [0.4, 0.5) is 36.3 Å². The molecule has 0 atom stereocenters. The Balaban J connectivity index is 1.60. The number of carbonyl (C=O) groups is 2. The molecule has 2 amide bonds. The summed E-state index contributed by atoms with van der Waals surface area (Å²) in [4.78, 5) is 32.6. The Morgan fingerprint density at radius 2 is 1.76 bits per heavy atom. The van der Waals surface area contributed by atoms with Gasteiger partial charge < -0.3 is 20.5 Å². The van der Waals surface area contributed by atoms with Crippen LogP contribution in [0, 0.1) is 13.8 Å². The number of alkyl halides is 3. The van der Waals surface area contributed by atoms with Crippen LogP contribution in [0.15, 0.2) is 67.1 Å². The van der Waals surface area contributed by atoms with Crippen molar-refractivity contribution in [3.8, 4) is 5.69 Å². The van der Waals surface area contributed by atoms with E-state index in [0.29, 0.717) is 11.5 Å². The summed E-state index contributed by atoms with van der Waals surface area (Å²) in [5.74, 6) is -0.389. The van der Waals surface area contributed by atoms with E-state index in [4.69, 9.17) is 0 Å². The third kappa shape index (κ3) is 6.31. The average Bonchev–Trinajstić information content (AvgIpc) is 3.26. The third-order valence-electron chi connectivity index (χ3n) is 5.35. The molecule has 190 valence electrons. The van der Waals surface area contributed by atoms with E-state index in [0.717, 1.165) is 23.3 Å². The molecule has 37 heavy (non-hydrogen) atoms. The molecule has 2 aromatic carbocycles. The standard InChI is InChI=1S/C26H23F3N6O2/c1-15-7-9-35(14-15)21-12-19(26(27,28)29)11-20(13-21)32-24(37)18-5-4-16(2)22(10-18)33-25-30-8-6-23(34-25)31-17(3)36/h4-14H,1-3H3,(H,32,37)(H2,30,31,33,34,36). The molecule has 0 saturated carbocycles. The Morgan fingerprint density at radius 3 is 2.43 bits per heavy atom. The average molecular weight is 509 g/mol. The lowest BCUT2D eigenvalue weighted by Gasteiger charge is -2.15. The zero-order chi connectivity index (χ0) is 26.7. The van der Waals surface area contributed by atoms with Crippen molar-refractivity contribution in [2.45, 2.75) is 26.9 Å². The van der Waals surface area contributed by atoms with E-state index < -0.39 is 17.6 Å². The van der Waals surface area contributed by atoms with Gasteiger partial charge in [-0.05, 0) is 67.4 Å². The van der Waals surface area contributed by atoms with Gasteiger partial charge in [-0.25, -0.2) is 4.98 Å². The van der Waals surface area contributed by atoms with Gasteiger partial charge in [0, 0.05) is 48.1 Å². The minimum Gasteiger partial charge on any atom is -0.324 e. The van der Waals surface area contributed by atoms with Gasteiger partial charge >= 0.3 is 6.18 Å². The van der Waals surface area contributed by atoms with Gasteiger partial charge in [0.2, 0.25) is 11.9 Å². The zero-order valence-electron chi connectivity index (χ0n) is 20.1. The van der Waals surface area contributed by atoms with Gasteiger partial charge in [0.15, 0.2) is 0 Å². The molecule has 4 aromatic rings. The van der Waals surface area contributed by atoms with E-state index in [9.17, 15) is 22.8 Å². The third-order valence-corrected chi connectivity index (χ3v) is 5.35. The fourth-order valence-corrected chi connectivity index (χ4v) is 3.55. The number of benzene rings is 2. The number of carbonyl (C=O) groups excluding carboxylic acids is 2. The maximum absolute atomic E-state index is 13.6. The van der Waals surface area contributed by atoms with Crippen LogP contribution in [-0.4, -0.2) is 26.3 Å². The number of hydrogen-bond donors (Lipinski definition) is 3. The maximum Gasteiger partial charge on any atom is 0.416 e. The Kier molecular flexibility index (Phi) is 6.96. The largest absolute Gasteiger partial charge is 0.416 e. The quantitative estimate of drug-likeness (QED) is 0.303. The van der Waals surface area contributed by atoms with Crippen LogP contribution in [0.3, 0.4) is 0 Å². The number of aryl methyl sites for hydroxylation is 2. The van der Waals surface area contributed by atoms with Crippen molar-refractivity contribution in [3.05, 3.63) is 89.4 Å². The Morgan fingerprint density at radius 1 is 0.973 bits per heavy atom. The first kappa shape index (κ1) is 25.4. The highest BCUT2D eigenvalue weighted by Gasteiger charge is 2.31. The van der Waals surface area contributed by atoms with Gasteiger partial charge in [-0.3, -0.25) is 9.59 Å². The fourth-order valence-electron chi connectivity index (χ4n) is 3.55. The highest BCUT2D eigenvalue weighted by molar-refractivity contribution is 6.05. The normalized spacial score (nSPS) is 11.2. The molecule has 0 unspecified atom stereocenters. The number of rotatable bonds is 6. The summed E-state index contributed by atoms with van der Waals surface area (Å²) in [7, 11) is 0. The highest BCUT2D eigenvalue weighted by atomic mass is 19.4. The Labute approximate surface area is 210 Å². The first-order chi connectivity index (χ1) is 17.5. The van der Waals surface area contributed by atoms with E-state index in [2.05, 4.69) is 25.9 Å². The molecule has 0 radical (unpaired) electrons. The lowest BCUT2D eigenvalue weighted by atomic mass is 10.1. The van der Waals surface area contributed by atoms with E-state index in [-0.39, 0.29) is 28.8 Å². The first-order valence-corrected chi connectivity index (χ1v) is 11.1. The maximum atomic E-state index is 13.6. The summed E-state index contributed by atoms with van der Waals surface area (Å²) in [5, 5.41) is 8.13. The summed E-state index contributed by atoms with van der Waals surface area (Å²) >= 11 is 0. The van der Waals surface area contributed by atoms with E-state index >= 15 is 0 Å². The molecule has 0 aliphatic rings. The summed E-state index contributed by atoms with van der Waals surface area (Å²) in [6.45, 7) is 4.99. The number of aromatic nitrogens is 3. The molecular formula is C26H23F3N6O2. The van der Waals surface area contributed by atoms with Gasteiger partial charge in [-0.2, -0.15) is 18.2 Å². The predicted molar refractivity (Wildman–Crippen MR) is 134 cm³/mol. The second-order valence-electron chi connectivity index (χ2n) is 8.42. The monoisotopic (exact) mass is 508 g/mol. The summed E-state index contributed by atoms with van der Waals surface area (Å²) < 4.78 is 42.3. The van der Waals surface area contributed by atoms with Gasteiger partial charge in [-0.1, -0.05) is 6.07 Å². The van der Waals surface area contributed by atoms with Gasteiger partial charge in [0.05, 0.1) is 5.56 Å². The molecule has 11 heteroatoms. The number of anilines is 4. The molecule has 0 aliphatic heterocycles. The topological polar surface area (TPSA) is 101 Å². The van der Waals surface area contributed by atoms with Crippen molar-refractivity contribution < 1.29 is 22.8 Å². The molecule has 0 spiro atoms. The van der Waals surface area contributed by atoms with E-state index in [1.807, 2.05) is 6.92 Å². The number of amides is 2. The first-order valence-electron chi connectivity index (χ1n) is 11.1. The molecular weight excluding hydrogens is 485 g/mol. The van der Waals surface area contributed by atoms with Gasteiger partial charge in [0.25, 0.3) is 5.91 Å². The van der Waals surface area contributed by atoms with Crippen LogP contribution < -0.4 is 16.0 Å². The number of hydrogen-bond acceptors (Lipinski definition) is 5. The Bertz CT molecular complexity index is 1480. The molecule has 0 bridgehead atoms. The molecule has 0 fully saturated rings. The number of nitrogens with zero attached hydrogens (tertiary/aromatic N) is 3. The van der Waals surface area contributed by atoms with Crippen LogP contribution in [0.1, 0.15) is 34.0 Å². The minimum absolute atomic E-state index is 0.00241. The minimum atomic E-state index is -4.59. The smallest absolute Gasteiger partial charge is 0.324 e. The van der Waals surface area contributed by atoms with Crippen molar-refractivity contribution in [2.24, 2.45) is 0 Å². The van der Waals surface area contributed by atoms with E-state index in [1.54, 1.807) is 48.1 Å². The van der Waals surface area contributed by atoms with Gasteiger partial charge in [-0.15, -0.1) is 0 Å². The second kappa shape index (κ2) is 10.1. The molecule has 4 rings (SSSR count). The van der Waals surface area contributed by atoms with Crippen LogP contribution in [0.2, 0.25) is 0 Å². The SMILES string of the molecule is CC(=O)Nc1ccnc(Nc2cc(C(=O)Nc3cc(-n4ccc(C)c4)cc(C(F)(F)F)c3)ccc2C)n1. The molecule has 2 heterocycles. The zero-order valence-corrected chi connectivity index (χ0v) is 20.1. The lowest BCUT2D eigenvalue weighted by Crippen LogP contribution is -2.14. The predicted octanol–water partition coefficient (Wildman–Crippen LogP) is 5.86. The highest BCUT2D eigenvalue weighted by Crippen LogP contribution is 2.33. The summed E-state index contributed by atoms with van der Waals surface area (Å²) in [5.41, 5.74) is 1.77. The van der Waals surface area contributed by atoms with Crippen LogP contribution in [0.5, 0.6) is 0 Å². The molecule has 0 saturated heterocycles. The fraction of sp³-hybridized carbons (Fsp3) is 0.154. The summed E-state index contributed by atoms with van der Waals surface area (Å²) in [6.07, 6.45) is 0.216. The Hall–Kier alpha value is -4.67. The molecule has 0 aliphatic carbocycles.